The van der Waals surface area contributed by atoms with Crippen molar-refractivity contribution in [1.29, 1.82) is 0 Å². The maximum atomic E-state index is 13.0. The first-order valence-electron chi connectivity index (χ1n) is 9.57. The van der Waals surface area contributed by atoms with Crippen molar-refractivity contribution in [3.63, 3.8) is 0 Å². The second kappa shape index (κ2) is 8.33. The molecule has 2 heterocycles. The predicted octanol–water partition coefficient (Wildman–Crippen LogP) is 1.23. The molecule has 9 nitrogen and oxygen atoms in total. The van der Waals surface area contributed by atoms with Gasteiger partial charge >= 0.3 is 6.03 Å². The summed E-state index contributed by atoms with van der Waals surface area (Å²) in [5, 5.41) is 5.47. The molecule has 2 aliphatic rings. The highest BCUT2D eigenvalue weighted by Crippen LogP contribution is 2.31. The van der Waals surface area contributed by atoms with E-state index in [2.05, 4.69) is 10.6 Å². The lowest BCUT2D eigenvalue weighted by molar-refractivity contribution is -0.118. The lowest BCUT2D eigenvalue weighted by Crippen LogP contribution is -2.52. The molecule has 0 aliphatic carbocycles. The maximum absolute atomic E-state index is 13.0. The molecule has 0 saturated carbocycles. The van der Waals surface area contributed by atoms with Crippen LogP contribution in [-0.2, 0) is 21.4 Å². The molecule has 3 amide bonds. The zero-order valence-corrected chi connectivity index (χ0v) is 17.0. The van der Waals surface area contributed by atoms with Crippen LogP contribution in [0.25, 0.3) is 0 Å². The molecule has 0 aromatic heterocycles. The van der Waals surface area contributed by atoms with Crippen molar-refractivity contribution >= 4 is 27.6 Å². The van der Waals surface area contributed by atoms with Gasteiger partial charge in [-0.25, -0.2) is 13.2 Å². The van der Waals surface area contributed by atoms with Crippen molar-refractivity contribution in [2.24, 2.45) is 0 Å². The number of nitrogens with one attached hydrogen (secondary N) is 2. The molecule has 1 fully saturated rings. The molecule has 0 atom stereocenters. The van der Waals surface area contributed by atoms with Gasteiger partial charge in [0, 0.05) is 32.7 Å². The van der Waals surface area contributed by atoms with Crippen LogP contribution < -0.4 is 15.4 Å². The zero-order chi connectivity index (χ0) is 21.1. The largest absolute Gasteiger partial charge is 0.482 e. The summed E-state index contributed by atoms with van der Waals surface area (Å²) >= 11 is 0. The quantitative estimate of drug-likeness (QED) is 0.759. The number of amides is 3. The Bertz CT molecular complexity index is 1050. The van der Waals surface area contributed by atoms with Gasteiger partial charge in [0.1, 0.15) is 5.75 Å². The van der Waals surface area contributed by atoms with Crippen molar-refractivity contribution in [2.75, 3.05) is 38.1 Å². The van der Waals surface area contributed by atoms with Gasteiger partial charge in [-0.1, -0.05) is 30.3 Å². The number of ether oxygens (including phenoxy) is 1. The Labute approximate surface area is 174 Å². The summed E-state index contributed by atoms with van der Waals surface area (Å²) in [5.74, 6) is 0.112. The number of urea groups is 1. The Kier molecular flexibility index (Phi) is 5.60. The van der Waals surface area contributed by atoms with E-state index in [1.807, 2.05) is 30.3 Å². The van der Waals surface area contributed by atoms with Gasteiger partial charge in [-0.15, -0.1) is 0 Å². The molecule has 4 rings (SSSR count). The number of nitrogens with zero attached hydrogens (tertiary/aromatic N) is 2. The predicted molar refractivity (Wildman–Crippen MR) is 110 cm³/mol. The number of sulfonamides is 1. The summed E-state index contributed by atoms with van der Waals surface area (Å²) in [4.78, 5) is 25.6. The average molecular weight is 430 g/mol. The minimum Gasteiger partial charge on any atom is -0.482 e. The summed E-state index contributed by atoms with van der Waals surface area (Å²) < 4.78 is 32.6. The van der Waals surface area contributed by atoms with Crippen LogP contribution in [0.4, 0.5) is 10.5 Å². The fourth-order valence-electron chi connectivity index (χ4n) is 3.39. The molecular weight excluding hydrogens is 408 g/mol. The monoisotopic (exact) mass is 430 g/mol. The van der Waals surface area contributed by atoms with E-state index >= 15 is 0 Å². The van der Waals surface area contributed by atoms with E-state index in [0.29, 0.717) is 31.1 Å². The second-order valence-electron chi connectivity index (χ2n) is 7.03. The minimum atomic E-state index is -3.75. The zero-order valence-electron chi connectivity index (χ0n) is 16.2. The van der Waals surface area contributed by atoms with Crippen molar-refractivity contribution in [2.45, 2.75) is 11.4 Å². The summed E-state index contributed by atoms with van der Waals surface area (Å²) in [6.45, 7) is 1.31. The van der Waals surface area contributed by atoms with E-state index in [4.69, 9.17) is 4.74 Å². The van der Waals surface area contributed by atoms with Gasteiger partial charge in [0.25, 0.3) is 5.91 Å². The summed E-state index contributed by atoms with van der Waals surface area (Å²) in [6.07, 6.45) is 0. The third-order valence-electron chi connectivity index (χ3n) is 5.03. The summed E-state index contributed by atoms with van der Waals surface area (Å²) in [7, 11) is -3.75. The van der Waals surface area contributed by atoms with E-state index in [0.717, 1.165) is 5.56 Å². The molecule has 0 unspecified atom stereocenters. The van der Waals surface area contributed by atoms with E-state index in [9.17, 15) is 18.0 Å². The number of fused-ring (bicyclic) bond motifs is 1. The number of hydrogen-bond donors (Lipinski definition) is 2. The molecule has 10 heteroatoms. The topological polar surface area (TPSA) is 108 Å². The first-order valence-corrected chi connectivity index (χ1v) is 11.0. The number of hydrogen-bond acceptors (Lipinski definition) is 5. The third kappa shape index (κ3) is 4.24. The lowest BCUT2D eigenvalue weighted by Gasteiger charge is -2.34. The van der Waals surface area contributed by atoms with Crippen LogP contribution in [0.15, 0.2) is 53.4 Å². The average Bonchev–Trinajstić information content (AvgIpc) is 2.77. The van der Waals surface area contributed by atoms with E-state index in [1.165, 1.54) is 22.5 Å². The molecular formula is C20H22N4O5S. The number of piperazine rings is 1. The van der Waals surface area contributed by atoms with Crippen molar-refractivity contribution in [3.05, 3.63) is 54.1 Å². The first-order chi connectivity index (χ1) is 14.4. The van der Waals surface area contributed by atoms with Crippen LogP contribution in [0.5, 0.6) is 5.75 Å². The van der Waals surface area contributed by atoms with Gasteiger partial charge in [0.05, 0.1) is 10.6 Å². The highest BCUT2D eigenvalue weighted by atomic mass is 32.2. The van der Waals surface area contributed by atoms with Crippen molar-refractivity contribution in [3.8, 4) is 5.75 Å². The van der Waals surface area contributed by atoms with Gasteiger partial charge in [0.15, 0.2) is 6.61 Å². The number of anilines is 1. The molecule has 2 aromatic rings. The van der Waals surface area contributed by atoms with Gasteiger partial charge in [-0.3, -0.25) is 4.79 Å². The van der Waals surface area contributed by atoms with Gasteiger partial charge in [-0.05, 0) is 23.8 Å². The Morgan fingerprint density at radius 2 is 1.80 bits per heavy atom. The lowest BCUT2D eigenvalue weighted by atomic mass is 10.2. The second-order valence-corrected chi connectivity index (χ2v) is 8.97. The molecule has 2 aromatic carbocycles. The number of carbonyl (C=O) groups excluding carboxylic acids is 2. The molecule has 1 saturated heterocycles. The standard InChI is InChI=1S/C20H22N4O5S/c25-19-14-29-18-7-6-16(12-17(18)22-19)30(27,28)24-10-8-23(9-11-24)20(26)21-13-15-4-2-1-3-5-15/h1-7,12H,8-11,13-14H2,(H,21,26)(H,22,25). The van der Waals surface area contributed by atoms with Crippen LogP contribution in [0.3, 0.4) is 0 Å². The molecule has 2 aliphatic heterocycles. The van der Waals surface area contributed by atoms with E-state index in [1.54, 1.807) is 4.90 Å². The fraction of sp³-hybridized carbons (Fsp3) is 0.300. The van der Waals surface area contributed by atoms with Crippen molar-refractivity contribution < 1.29 is 22.7 Å². The van der Waals surface area contributed by atoms with Gasteiger partial charge in [-0.2, -0.15) is 4.31 Å². The Morgan fingerprint density at radius 1 is 1.07 bits per heavy atom. The summed E-state index contributed by atoms with van der Waals surface area (Å²) in [5.41, 5.74) is 1.33. The van der Waals surface area contributed by atoms with Crippen LogP contribution in [-0.4, -0.2) is 62.3 Å². The van der Waals surface area contributed by atoms with Crippen LogP contribution in [0.2, 0.25) is 0 Å². The molecule has 2 N–H and O–H groups in total. The van der Waals surface area contributed by atoms with E-state index in [-0.39, 0.29) is 36.5 Å². The Morgan fingerprint density at radius 3 is 2.53 bits per heavy atom. The molecule has 0 radical (unpaired) electrons. The van der Waals surface area contributed by atoms with Gasteiger partial charge < -0.3 is 20.3 Å². The highest BCUT2D eigenvalue weighted by Gasteiger charge is 2.31. The van der Waals surface area contributed by atoms with Crippen LogP contribution in [0.1, 0.15) is 5.56 Å². The van der Waals surface area contributed by atoms with E-state index < -0.39 is 10.0 Å². The Balaban J connectivity index is 1.37. The third-order valence-corrected chi connectivity index (χ3v) is 6.93. The normalized spacial score (nSPS) is 16.9. The van der Waals surface area contributed by atoms with Crippen LogP contribution in [0, 0.1) is 0 Å². The SMILES string of the molecule is O=C1COc2ccc(S(=O)(=O)N3CCN(C(=O)NCc4ccccc4)CC3)cc2N1. The van der Waals surface area contributed by atoms with Crippen molar-refractivity contribution in [1.82, 2.24) is 14.5 Å². The molecule has 0 bridgehead atoms. The smallest absolute Gasteiger partial charge is 0.317 e. The molecule has 0 spiro atoms. The Hall–Kier alpha value is -3.11. The number of benzene rings is 2. The fourth-order valence-corrected chi connectivity index (χ4v) is 4.84. The number of rotatable bonds is 4. The minimum absolute atomic E-state index is 0.0778. The maximum Gasteiger partial charge on any atom is 0.317 e. The molecule has 30 heavy (non-hydrogen) atoms. The first kappa shape index (κ1) is 20.2. The van der Waals surface area contributed by atoms with Gasteiger partial charge in [0.2, 0.25) is 10.0 Å². The highest BCUT2D eigenvalue weighted by molar-refractivity contribution is 7.89. The number of carbonyl (C=O) groups is 2. The summed E-state index contributed by atoms with van der Waals surface area (Å²) in [6, 6.07) is 13.8. The molecule has 158 valence electrons. The van der Waals surface area contributed by atoms with Crippen LogP contribution >= 0.6 is 0 Å².